The van der Waals surface area contributed by atoms with Gasteiger partial charge in [-0.15, -0.1) is 0 Å². The van der Waals surface area contributed by atoms with E-state index >= 15 is 0 Å². The van der Waals surface area contributed by atoms with Gasteiger partial charge >= 0.3 is 103 Å². The summed E-state index contributed by atoms with van der Waals surface area (Å²) in [6.45, 7) is 17.6. The van der Waals surface area contributed by atoms with E-state index in [0.29, 0.717) is 5.69 Å². The molecule has 3 aromatic carbocycles. The molecule has 0 N–H and O–H groups in total. The molecule has 0 amide bonds. The van der Waals surface area contributed by atoms with Crippen LogP contribution in [0.2, 0.25) is 0 Å². The van der Waals surface area contributed by atoms with Gasteiger partial charge in [0, 0.05) is 24.5 Å². The van der Waals surface area contributed by atoms with Crippen LogP contribution in [-0.2, 0) is 23.5 Å². The molecule has 0 bridgehead atoms. The standard InChI is InChI=1S/C21H27N2.C8H9NO2S.2ClH.Ru/c1-14-9-16(3)20(17(4)10-14)22-7-8-23(13-22)21-18(5)11-15(2)12-19(21)6;1-9(12(2,10)11)8-6-4-3-5-7-8;;;/h9-13H,7-8H2,1-6H3;1,3-7H,2H3;2*1H;/q-1;;;;+2/p-2. The summed E-state index contributed by atoms with van der Waals surface area (Å²) in [6, 6.07) is 17.8. The molecule has 208 valence electrons. The normalized spacial score (nSPS) is 13.7. The zero-order valence-electron chi connectivity index (χ0n) is 22.9. The molecule has 1 aliphatic rings. The minimum absolute atomic E-state index is 0.542. The molecule has 1 fully saturated rings. The Morgan fingerprint density at radius 2 is 1.18 bits per heavy atom. The summed E-state index contributed by atoms with van der Waals surface area (Å²) in [6.07, 6.45) is 1.11. The Morgan fingerprint density at radius 1 is 0.789 bits per heavy atom. The average Bonchev–Trinajstić information content (AvgIpc) is 3.25. The summed E-state index contributed by atoms with van der Waals surface area (Å²) in [4.78, 5) is 4.81. The number of para-hydroxylation sites is 1. The minimum Gasteiger partial charge on any atom is -0.502 e. The minimum atomic E-state index is -3.37. The second-order valence-electron chi connectivity index (χ2n) is 9.69. The van der Waals surface area contributed by atoms with E-state index in [0.717, 1.165) is 23.7 Å². The molecule has 5 nitrogen and oxygen atoms in total. The fourth-order valence-electron chi connectivity index (χ4n) is 5.04. The summed E-state index contributed by atoms with van der Waals surface area (Å²) >= 11 is -2.17. The number of halogens is 2. The monoisotopic (exact) mass is 662 g/mol. The fraction of sp³-hybridized carbons (Fsp3) is 0.310. The maximum absolute atomic E-state index is 11.5. The average molecular weight is 663 g/mol. The molecular formula is C29H36Cl2N3O2RuS-. The first-order valence-corrected chi connectivity index (χ1v) is 19.5. The van der Waals surface area contributed by atoms with E-state index in [1.54, 1.807) is 30.3 Å². The Bertz CT molecular complexity index is 1320. The van der Waals surface area contributed by atoms with Crippen molar-refractivity contribution < 1.29 is 21.9 Å². The van der Waals surface area contributed by atoms with Gasteiger partial charge in [0.15, 0.2) is 0 Å². The van der Waals surface area contributed by atoms with Crippen LogP contribution in [0.3, 0.4) is 0 Å². The maximum Gasteiger partial charge on any atom is 0.0146 e. The second-order valence-corrected chi connectivity index (χ2v) is 17.2. The van der Waals surface area contributed by atoms with Crippen molar-refractivity contribution in [3.05, 3.63) is 94.6 Å². The second kappa shape index (κ2) is 13.0. The summed E-state index contributed by atoms with van der Waals surface area (Å²) in [5.74, 6) is 0. The smallest absolute Gasteiger partial charge is 0.0146 e. The zero-order valence-corrected chi connectivity index (χ0v) is 27.0. The fourth-order valence-corrected chi connectivity index (χ4v) is 8.99. The van der Waals surface area contributed by atoms with E-state index in [4.69, 9.17) is 19.4 Å². The molecule has 9 heteroatoms. The SMILES string of the molecule is CS(=O)(=O)N([CH]=[Ru]([Cl])[Cl])c1ccccc1.Cc1cc(C)c(N2[CH-]N(c3c(C)cc(C)cc3C)CC2)c(C)c1. The summed E-state index contributed by atoms with van der Waals surface area (Å²) in [5, 5.41) is 0. The topological polar surface area (TPSA) is 43.9 Å². The summed E-state index contributed by atoms with van der Waals surface area (Å²) in [7, 11) is 7.98. The van der Waals surface area contributed by atoms with Crippen molar-refractivity contribution in [3.8, 4) is 0 Å². The Hall–Kier alpha value is -1.92. The van der Waals surface area contributed by atoms with E-state index in [9.17, 15) is 8.42 Å². The quantitative estimate of drug-likeness (QED) is 0.216. The Morgan fingerprint density at radius 3 is 1.53 bits per heavy atom. The van der Waals surface area contributed by atoms with Crippen LogP contribution in [-0.4, -0.2) is 32.5 Å². The van der Waals surface area contributed by atoms with Gasteiger partial charge in [-0.05, 0) is 63.8 Å². The van der Waals surface area contributed by atoms with Crippen molar-refractivity contribution in [3.63, 3.8) is 0 Å². The summed E-state index contributed by atoms with van der Waals surface area (Å²) < 4.78 is 25.4. The van der Waals surface area contributed by atoms with Crippen molar-refractivity contribution in [2.24, 2.45) is 0 Å². The predicted octanol–water partition coefficient (Wildman–Crippen LogP) is 7.12. The maximum atomic E-state index is 11.5. The molecule has 0 aliphatic carbocycles. The third kappa shape index (κ3) is 7.82. The van der Waals surface area contributed by atoms with Crippen molar-refractivity contribution in [1.29, 1.82) is 0 Å². The van der Waals surface area contributed by atoms with Crippen LogP contribution in [0.5, 0.6) is 0 Å². The number of anilines is 3. The van der Waals surface area contributed by atoms with E-state index in [1.165, 1.54) is 49.5 Å². The Balaban J connectivity index is 0.000000232. The van der Waals surface area contributed by atoms with Gasteiger partial charge in [0.25, 0.3) is 0 Å². The van der Waals surface area contributed by atoms with Crippen molar-refractivity contribution in [1.82, 2.24) is 0 Å². The molecule has 1 heterocycles. The largest absolute Gasteiger partial charge is 0.502 e. The van der Waals surface area contributed by atoms with Gasteiger partial charge in [-0.25, -0.2) is 0 Å². The van der Waals surface area contributed by atoms with E-state index in [1.807, 2.05) is 0 Å². The van der Waals surface area contributed by atoms with Gasteiger partial charge in [0.1, 0.15) is 0 Å². The van der Waals surface area contributed by atoms with E-state index < -0.39 is 23.5 Å². The molecule has 38 heavy (non-hydrogen) atoms. The summed E-state index contributed by atoms with van der Waals surface area (Å²) in [5.41, 5.74) is 11.4. The van der Waals surface area contributed by atoms with Crippen LogP contribution in [0, 0.1) is 48.2 Å². The Kier molecular flexibility index (Phi) is 10.4. The van der Waals surface area contributed by atoms with E-state index in [-0.39, 0.29) is 0 Å². The van der Waals surface area contributed by atoms with Crippen LogP contribution >= 0.6 is 19.4 Å². The molecule has 0 aromatic heterocycles. The van der Waals surface area contributed by atoms with Gasteiger partial charge in [0.2, 0.25) is 0 Å². The number of rotatable bonds is 5. The first-order chi connectivity index (χ1) is 17.8. The number of hydrogen-bond donors (Lipinski definition) is 0. The third-order valence-electron chi connectivity index (χ3n) is 6.23. The van der Waals surface area contributed by atoms with Crippen LogP contribution in [0.4, 0.5) is 17.1 Å². The number of nitrogens with zero attached hydrogens (tertiary/aromatic N) is 3. The van der Waals surface area contributed by atoms with Crippen molar-refractivity contribution >= 4 is 51.2 Å². The van der Waals surface area contributed by atoms with Crippen LogP contribution in [0.15, 0.2) is 54.6 Å². The number of sulfonamides is 1. The molecule has 0 radical (unpaired) electrons. The van der Waals surface area contributed by atoms with Crippen LogP contribution in [0.25, 0.3) is 0 Å². The molecule has 1 aliphatic heterocycles. The van der Waals surface area contributed by atoms with Crippen molar-refractivity contribution in [2.45, 2.75) is 41.5 Å². The zero-order chi connectivity index (χ0) is 28.2. The van der Waals surface area contributed by atoms with Crippen molar-refractivity contribution in [2.75, 3.05) is 33.5 Å². The van der Waals surface area contributed by atoms with Gasteiger partial charge in [-0.2, -0.15) is 6.67 Å². The van der Waals surface area contributed by atoms with Gasteiger partial charge in [0.05, 0.1) is 0 Å². The van der Waals surface area contributed by atoms with Gasteiger partial charge in [-0.3, -0.25) is 0 Å². The molecule has 0 unspecified atom stereocenters. The molecule has 3 aromatic rings. The molecule has 1 saturated heterocycles. The van der Waals surface area contributed by atoms with Gasteiger partial charge < -0.3 is 9.80 Å². The first-order valence-electron chi connectivity index (χ1n) is 12.2. The first kappa shape index (κ1) is 30.6. The van der Waals surface area contributed by atoms with Gasteiger partial charge in [-0.1, -0.05) is 35.4 Å². The van der Waals surface area contributed by atoms with Crippen LogP contribution in [0.1, 0.15) is 33.4 Å². The molecular weight excluding hydrogens is 626 g/mol. The predicted molar refractivity (Wildman–Crippen MR) is 162 cm³/mol. The molecule has 0 atom stereocenters. The number of hydrogen-bond acceptors (Lipinski definition) is 4. The number of benzene rings is 3. The third-order valence-corrected chi connectivity index (χ3v) is 9.16. The number of aryl methyl sites for hydroxylation is 6. The molecule has 4 rings (SSSR count). The van der Waals surface area contributed by atoms with Crippen LogP contribution < -0.4 is 14.1 Å². The molecule has 0 saturated carbocycles. The Labute approximate surface area is 241 Å². The van der Waals surface area contributed by atoms with E-state index in [2.05, 4.69) is 82.3 Å². The molecule has 0 spiro atoms.